The highest BCUT2D eigenvalue weighted by Gasteiger charge is 2.19. The van der Waals surface area contributed by atoms with Crippen molar-refractivity contribution in [3.63, 3.8) is 0 Å². The van der Waals surface area contributed by atoms with Gasteiger partial charge in [0.2, 0.25) is 0 Å². The van der Waals surface area contributed by atoms with Crippen molar-refractivity contribution in [2.24, 2.45) is 11.8 Å². The maximum absolute atomic E-state index is 9.76. The highest BCUT2D eigenvalue weighted by atomic mass is 16.3. The van der Waals surface area contributed by atoms with Crippen molar-refractivity contribution in [2.75, 3.05) is 0 Å². The molecule has 1 heteroatoms. The van der Waals surface area contributed by atoms with Gasteiger partial charge in [0.25, 0.3) is 0 Å². The molecule has 0 fully saturated rings. The Balaban J connectivity index is 3.98. The Morgan fingerprint density at radius 2 is 2.00 bits per heavy atom. The van der Waals surface area contributed by atoms with Gasteiger partial charge in [0, 0.05) is 0 Å². The zero-order valence-electron chi connectivity index (χ0n) is 8.59. The normalized spacial score (nSPS) is 16.1. The second-order valence-electron chi connectivity index (χ2n) is 3.79. The predicted octanol–water partition coefficient (Wildman–Crippen LogP) is 3.00. The van der Waals surface area contributed by atoms with Crippen molar-refractivity contribution in [2.45, 2.75) is 46.1 Å². The summed E-state index contributed by atoms with van der Waals surface area (Å²) in [7, 11) is 0. The van der Waals surface area contributed by atoms with E-state index >= 15 is 0 Å². The van der Waals surface area contributed by atoms with Crippen LogP contribution in [-0.2, 0) is 0 Å². The number of rotatable bonds is 6. The topological polar surface area (TPSA) is 20.2 Å². The van der Waals surface area contributed by atoms with Gasteiger partial charge < -0.3 is 5.11 Å². The first-order valence-electron chi connectivity index (χ1n) is 4.92. The summed E-state index contributed by atoms with van der Waals surface area (Å²) in [5.74, 6) is 0.937. The molecular weight excluding hydrogens is 148 g/mol. The third-order valence-electron chi connectivity index (χ3n) is 2.37. The molecule has 0 amide bonds. The van der Waals surface area contributed by atoms with Crippen molar-refractivity contribution in [3.05, 3.63) is 12.7 Å². The number of hydrogen-bond donors (Lipinski definition) is 1. The molecule has 0 rings (SSSR count). The molecule has 2 atom stereocenters. The van der Waals surface area contributed by atoms with Gasteiger partial charge >= 0.3 is 0 Å². The van der Waals surface area contributed by atoms with Crippen LogP contribution in [0.5, 0.6) is 0 Å². The summed E-state index contributed by atoms with van der Waals surface area (Å²) in [4.78, 5) is 0. The minimum atomic E-state index is -0.145. The first-order chi connectivity index (χ1) is 5.63. The fraction of sp³-hybridized carbons (Fsp3) is 0.818. The van der Waals surface area contributed by atoms with E-state index in [0.29, 0.717) is 11.8 Å². The van der Waals surface area contributed by atoms with Crippen LogP contribution in [0.15, 0.2) is 12.7 Å². The van der Waals surface area contributed by atoms with E-state index < -0.39 is 0 Å². The summed E-state index contributed by atoms with van der Waals surface area (Å²) < 4.78 is 0. The van der Waals surface area contributed by atoms with Gasteiger partial charge in [-0.2, -0.15) is 0 Å². The van der Waals surface area contributed by atoms with E-state index in [1.165, 1.54) is 0 Å². The second kappa shape index (κ2) is 6.24. The monoisotopic (exact) mass is 170 g/mol. The molecule has 0 aliphatic carbocycles. The maximum atomic E-state index is 9.76. The predicted molar refractivity (Wildman–Crippen MR) is 54.1 cm³/mol. The fourth-order valence-electron chi connectivity index (χ4n) is 1.58. The van der Waals surface area contributed by atoms with Crippen molar-refractivity contribution in [1.82, 2.24) is 0 Å². The lowest BCUT2D eigenvalue weighted by Crippen LogP contribution is -2.24. The lowest BCUT2D eigenvalue weighted by atomic mass is 9.85. The van der Waals surface area contributed by atoms with Gasteiger partial charge in [-0.1, -0.05) is 33.3 Å². The highest BCUT2D eigenvalue weighted by Crippen LogP contribution is 2.22. The smallest absolute Gasteiger partial charge is 0.0573 e. The Morgan fingerprint density at radius 1 is 1.42 bits per heavy atom. The van der Waals surface area contributed by atoms with Gasteiger partial charge in [-0.05, 0) is 24.7 Å². The van der Waals surface area contributed by atoms with E-state index in [9.17, 15) is 5.11 Å². The molecule has 0 aliphatic heterocycles. The second-order valence-corrected chi connectivity index (χ2v) is 3.79. The first kappa shape index (κ1) is 11.7. The number of allylic oxidation sites excluding steroid dienone is 1. The van der Waals surface area contributed by atoms with E-state index in [-0.39, 0.29) is 6.10 Å². The summed E-state index contributed by atoms with van der Waals surface area (Å²) >= 11 is 0. The molecular formula is C11H22O. The third-order valence-corrected chi connectivity index (χ3v) is 2.37. The van der Waals surface area contributed by atoms with Crippen molar-refractivity contribution in [3.8, 4) is 0 Å². The molecule has 0 bridgehead atoms. The van der Waals surface area contributed by atoms with Gasteiger partial charge in [-0.25, -0.2) is 0 Å². The summed E-state index contributed by atoms with van der Waals surface area (Å²) in [5, 5.41) is 9.76. The van der Waals surface area contributed by atoms with Gasteiger partial charge in [0.05, 0.1) is 6.10 Å². The largest absolute Gasteiger partial charge is 0.393 e. The molecule has 12 heavy (non-hydrogen) atoms. The Labute approximate surface area is 76.5 Å². The van der Waals surface area contributed by atoms with Crippen LogP contribution in [0.2, 0.25) is 0 Å². The van der Waals surface area contributed by atoms with Crippen LogP contribution in [0.4, 0.5) is 0 Å². The fourth-order valence-corrected chi connectivity index (χ4v) is 1.58. The molecule has 1 N–H and O–H groups in total. The molecule has 0 aromatic rings. The zero-order chi connectivity index (χ0) is 9.56. The van der Waals surface area contributed by atoms with Crippen LogP contribution in [0, 0.1) is 11.8 Å². The minimum Gasteiger partial charge on any atom is -0.393 e. The summed E-state index contributed by atoms with van der Waals surface area (Å²) in [6.07, 6.45) is 4.66. The average molecular weight is 170 g/mol. The van der Waals surface area contributed by atoms with Crippen molar-refractivity contribution in [1.29, 1.82) is 0 Å². The molecule has 1 nitrogen and oxygen atoms in total. The standard InChI is InChI=1S/C11H22O/c1-5-7-10(9(3)4)11(12)8-6-2/h5,9-12H,1,6-8H2,2-4H3/t10-,11?/m1/s1. The van der Waals surface area contributed by atoms with Crippen molar-refractivity contribution >= 4 is 0 Å². The van der Waals surface area contributed by atoms with E-state index in [4.69, 9.17) is 0 Å². The van der Waals surface area contributed by atoms with Crippen LogP contribution < -0.4 is 0 Å². The van der Waals surface area contributed by atoms with Gasteiger partial charge in [0.15, 0.2) is 0 Å². The van der Waals surface area contributed by atoms with E-state index in [0.717, 1.165) is 19.3 Å². The highest BCUT2D eigenvalue weighted by molar-refractivity contribution is 4.79. The maximum Gasteiger partial charge on any atom is 0.0573 e. The number of aliphatic hydroxyl groups is 1. The van der Waals surface area contributed by atoms with E-state index in [1.807, 2.05) is 6.08 Å². The van der Waals surface area contributed by atoms with Gasteiger partial charge in [0.1, 0.15) is 0 Å². The lowest BCUT2D eigenvalue weighted by molar-refractivity contribution is 0.0746. The Bertz CT molecular complexity index is 118. The summed E-state index contributed by atoms with van der Waals surface area (Å²) in [6, 6.07) is 0. The molecule has 0 aliphatic rings. The van der Waals surface area contributed by atoms with Crippen molar-refractivity contribution < 1.29 is 5.11 Å². The van der Waals surface area contributed by atoms with Crippen LogP contribution in [0.25, 0.3) is 0 Å². The third kappa shape index (κ3) is 3.91. The van der Waals surface area contributed by atoms with Crippen LogP contribution >= 0.6 is 0 Å². The molecule has 0 radical (unpaired) electrons. The summed E-state index contributed by atoms with van der Waals surface area (Å²) in [5.41, 5.74) is 0. The lowest BCUT2D eigenvalue weighted by Gasteiger charge is -2.24. The van der Waals surface area contributed by atoms with Crippen LogP contribution in [0.1, 0.15) is 40.0 Å². The molecule has 0 aromatic carbocycles. The SMILES string of the molecule is C=CC[C@H](C(C)C)C(O)CCC. The Kier molecular flexibility index (Phi) is 6.09. The molecule has 0 saturated carbocycles. The molecule has 0 heterocycles. The first-order valence-corrected chi connectivity index (χ1v) is 4.92. The Hall–Kier alpha value is -0.300. The van der Waals surface area contributed by atoms with E-state index in [1.54, 1.807) is 0 Å². The van der Waals surface area contributed by atoms with Crippen LogP contribution in [0.3, 0.4) is 0 Å². The van der Waals surface area contributed by atoms with E-state index in [2.05, 4.69) is 27.4 Å². The average Bonchev–Trinajstić information content (AvgIpc) is 1.99. The van der Waals surface area contributed by atoms with Crippen LogP contribution in [-0.4, -0.2) is 11.2 Å². The molecule has 72 valence electrons. The Morgan fingerprint density at radius 3 is 2.33 bits per heavy atom. The molecule has 1 unspecified atom stereocenters. The summed E-state index contributed by atoms with van der Waals surface area (Å²) in [6.45, 7) is 10.1. The molecule has 0 saturated heterocycles. The quantitative estimate of drug-likeness (QED) is 0.608. The molecule has 0 spiro atoms. The molecule has 0 aromatic heterocycles. The van der Waals surface area contributed by atoms with Gasteiger partial charge in [-0.15, -0.1) is 6.58 Å². The van der Waals surface area contributed by atoms with Gasteiger partial charge in [-0.3, -0.25) is 0 Å². The number of aliphatic hydroxyl groups excluding tert-OH is 1. The minimum absolute atomic E-state index is 0.145. The zero-order valence-corrected chi connectivity index (χ0v) is 8.59. The number of hydrogen-bond acceptors (Lipinski definition) is 1.